The molecule has 6 heteroatoms. The summed E-state index contributed by atoms with van der Waals surface area (Å²) in [5.41, 5.74) is 1.10. The van der Waals surface area contributed by atoms with E-state index >= 15 is 0 Å². The Hall–Kier alpha value is -2.76. The van der Waals surface area contributed by atoms with Crippen LogP contribution in [0.4, 0.5) is 0 Å². The number of aromatic nitrogens is 1. The monoisotopic (exact) mass is 383 g/mol. The molecule has 0 atom stereocenters. The zero-order valence-corrected chi connectivity index (χ0v) is 16.7. The third kappa shape index (κ3) is 5.38. The molecule has 2 amide bonds. The van der Waals surface area contributed by atoms with E-state index in [4.69, 9.17) is 4.74 Å². The number of para-hydroxylation sites is 1. The minimum atomic E-state index is -0.159. The number of benzene rings is 1. The van der Waals surface area contributed by atoms with Crippen LogP contribution >= 0.6 is 0 Å². The van der Waals surface area contributed by atoms with Crippen LogP contribution in [-0.2, 0) is 23.2 Å². The van der Waals surface area contributed by atoms with E-state index in [9.17, 15) is 9.59 Å². The maximum Gasteiger partial charge on any atom is 0.260 e. The summed E-state index contributed by atoms with van der Waals surface area (Å²) in [5.74, 6) is 0.501. The van der Waals surface area contributed by atoms with Gasteiger partial charge in [-0.15, -0.1) is 0 Å². The highest BCUT2D eigenvalue weighted by Gasteiger charge is 2.34. The van der Waals surface area contributed by atoms with Crippen molar-refractivity contribution in [3.63, 3.8) is 0 Å². The molecule has 6 nitrogen and oxygen atoms in total. The Labute approximate surface area is 166 Å². The van der Waals surface area contributed by atoms with Crippen molar-refractivity contribution in [3.8, 4) is 5.75 Å². The van der Waals surface area contributed by atoms with Crippen LogP contribution in [0, 0.1) is 0 Å². The van der Waals surface area contributed by atoms with Crippen molar-refractivity contribution in [2.75, 3.05) is 19.7 Å². The molecule has 0 bridgehead atoms. The van der Waals surface area contributed by atoms with Gasteiger partial charge in [0.25, 0.3) is 5.91 Å². The van der Waals surface area contributed by atoms with Gasteiger partial charge >= 0.3 is 0 Å². The van der Waals surface area contributed by atoms with Gasteiger partial charge in [-0.3, -0.25) is 9.59 Å². The third-order valence-corrected chi connectivity index (χ3v) is 4.97. The summed E-state index contributed by atoms with van der Waals surface area (Å²) in [4.78, 5) is 29.2. The summed E-state index contributed by atoms with van der Waals surface area (Å²) in [5, 5.41) is 0. The average Bonchev–Trinajstić information content (AvgIpc) is 3.46. The standard InChI is InChI=1S/C22H29N3O3/c1-3-13-24(22(27)17-28-20-9-5-4-6-10-20)16-21(26)25(18-11-12-18)15-19-8-7-14-23(19)2/h4-10,14,18H,3,11-13,15-17H2,1-2H3. The second-order valence-corrected chi connectivity index (χ2v) is 7.28. The Balaban J connectivity index is 1.60. The highest BCUT2D eigenvalue weighted by atomic mass is 16.5. The van der Waals surface area contributed by atoms with Gasteiger partial charge in [-0.2, -0.15) is 0 Å². The number of amides is 2. The number of nitrogens with zero attached hydrogens (tertiary/aromatic N) is 3. The molecule has 1 aliphatic rings. The topological polar surface area (TPSA) is 54.8 Å². The number of hydrogen-bond acceptors (Lipinski definition) is 3. The third-order valence-electron chi connectivity index (χ3n) is 4.97. The zero-order chi connectivity index (χ0) is 19.9. The van der Waals surface area contributed by atoms with Crippen molar-refractivity contribution < 1.29 is 14.3 Å². The Morgan fingerprint density at radius 2 is 1.86 bits per heavy atom. The van der Waals surface area contributed by atoms with Crippen LogP contribution in [0.15, 0.2) is 48.7 Å². The van der Waals surface area contributed by atoms with Gasteiger partial charge in [0.15, 0.2) is 6.61 Å². The van der Waals surface area contributed by atoms with E-state index in [1.54, 1.807) is 4.90 Å². The minimum Gasteiger partial charge on any atom is -0.484 e. The highest BCUT2D eigenvalue weighted by Crippen LogP contribution is 2.28. The lowest BCUT2D eigenvalue weighted by Gasteiger charge is -2.27. The first-order valence-corrected chi connectivity index (χ1v) is 9.93. The Kier molecular flexibility index (Phi) is 6.74. The maximum absolute atomic E-state index is 13.0. The molecule has 0 radical (unpaired) electrons. The van der Waals surface area contributed by atoms with Crippen molar-refractivity contribution in [2.24, 2.45) is 7.05 Å². The Morgan fingerprint density at radius 1 is 1.11 bits per heavy atom. The summed E-state index contributed by atoms with van der Waals surface area (Å²) in [6.07, 6.45) is 4.86. The predicted molar refractivity (Wildman–Crippen MR) is 108 cm³/mol. The number of ether oxygens (including phenoxy) is 1. The fourth-order valence-corrected chi connectivity index (χ4v) is 3.21. The molecule has 0 N–H and O–H groups in total. The molecule has 1 fully saturated rings. The number of aryl methyl sites for hydroxylation is 1. The van der Waals surface area contributed by atoms with Crippen LogP contribution in [0.1, 0.15) is 31.9 Å². The summed E-state index contributed by atoms with van der Waals surface area (Å²) in [6.45, 7) is 3.18. The Morgan fingerprint density at radius 3 is 2.46 bits per heavy atom. The number of rotatable bonds is 10. The molecule has 1 saturated carbocycles. The SMILES string of the molecule is CCCN(CC(=O)N(Cc1cccn1C)C1CC1)C(=O)COc1ccccc1. The van der Waals surface area contributed by atoms with Crippen molar-refractivity contribution in [3.05, 3.63) is 54.4 Å². The van der Waals surface area contributed by atoms with E-state index in [0.29, 0.717) is 24.9 Å². The van der Waals surface area contributed by atoms with Gasteiger partial charge < -0.3 is 19.1 Å². The average molecular weight is 383 g/mol. The van der Waals surface area contributed by atoms with E-state index < -0.39 is 0 Å². The molecule has 0 saturated heterocycles. The van der Waals surface area contributed by atoms with Crippen LogP contribution in [0.25, 0.3) is 0 Å². The number of hydrogen-bond donors (Lipinski definition) is 0. The molecular formula is C22H29N3O3. The van der Waals surface area contributed by atoms with Gasteiger partial charge in [0.2, 0.25) is 5.91 Å². The summed E-state index contributed by atoms with van der Waals surface area (Å²) >= 11 is 0. The van der Waals surface area contributed by atoms with Crippen molar-refractivity contribution in [1.29, 1.82) is 0 Å². The molecule has 150 valence electrons. The van der Waals surface area contributed by atoms with Gasteiger partial charge in [0, 0.05) is 31.5 Å². The van der Waals surface area contributed by atoms with Gasteiger partial charge in [-0.05, 0) is 43.5 Å². The molecule has 0 spiro atoms. The lowest BCUT2D eigenvalue weighted by molar-refractivity contribution is -0.142. The largest absolute Gasteiger partial charge is 0.484 e. The fourth-order valence-electron chi connectivity index (χ4n) is 3.21. The van der Waals surface area contributed by atoms with Crippen molar-refractivity contribution in [1.82, 2.24) is 14.4 Å². The fraction of sp³-hybridized carbons (Fsp3) is 0.455. The van der Waals surface area contributed by atoms with E-state index in [-0.39, 0.29) is 25.0 Å². The lowest BCUT2D eigenvalue weighted by atomic mass is 10.3. The zero-order valence-electron chi connectivity index (χ0n) is 16.7. The molecule has 0 aliphatic heterocycles. The second kappa shape index (κ2) is 9.44. The molecule has 1 aliphatic carbocycles. The van der Waals surface area contributed by atoms with Crippen LogP contribution in [0.5, 0.6) is 5.75 Å². The first-order chi connectivity index (χ1) is 13.6. The molecule has 1 heterocycles. The quantitative estimate of drug-likeness (QED) is 0.634. The molecular weight excluding hydrogens is 354 g/mol. The van der Waals surface area contributed by atoms with Crippen LogP contribution in [0.2, 0.25) is 0 Å². The van der Waals surface area contributed by atoms with E-state index in [1.165, 1.54) is 0 Å². The van der Waals surface area contributed by atoms with Crippen LogP contribution in [-0.4, -0.2) is 51.9 Å². The molecule has 3 rings (SSSR count). The van der Waals surface area contributed by atoms with Gasteiger partial charge in [0.1, 0.15) is 5.75 Å². The number of carbonyl (C=O) groups excluding carboxylic acids is 2. The molecule has 1 aromatic heterocycles. The Bertz CT molecular complexity index is 783. The first-order valence-electron chi connectivity index (χ1n) is 9.93. The van der Waals surface area contributed by atoms with Gasteiger partial charge in [0.05, 0.1) is 13.1 Å². The van der Waals surface area contributed by atoms with Gasteiger partial charge in [-0.25, -0.2) is 0 Å². The first kappa shape index (κ1) is 20.0. The highest BCUT2D eigenvalue weighted by molar-refractivity contribution is 5.85. The van der Waals surface area contributed by atoms with Crippen molar-refractivity contribution in [2.45, 2.75) is 38.8 Å². The lowest BCUT2D eigenvalue weighted by Crippen LogP contribution is -2.45. The van der Waals surface area contributed by atoms with Crippen LogP contribution in [0.3, 0.4) is 0 Å². The normalized spacial score (nSPS) is 13.2. The molecule has 28 heavy (non-hydrogen) atoms. The molecule has 0 unspecified atom stereocenters. The van der Waals surface area contributed by atoms with Gasteiger partial charge in [-0.1, -0.05) is 25.1 Å². The van der Waals surface area contributed by atoms with Crippen LogP contribution < -0.4 is 4.74 Å². The summed E-state index contributed by atoms with van der Waals surface area (Å²) in [7, 11) is 1.98. The predicted octanol–water partition coefficient (Wildman–Crippen LogP) is 2.83. The number of carbonyl (C=O) groups is 2. The van der Waals surface area contributed by atoms with E-state index in [1.807, 2.05) is 72.1 Å². The summed E-state index contributed by atoms with van der Waals surface area (Å²) in [6, 6.07) is 13.6. The van der Waals surface area contributed by atoms with E-state index in [2.05, 4.69) is 0 Å². The molecule has 2 aromatic rings. The van der Waals surface area contributed by atoms with Crippen molar-refractivity contribution >= 4 is 11.8 Å². The second-order valence-electron chi connectivity index (χ2n) is 7.28. The molecule has 1 aromatic carbocycles. The summed E-state index contributed by atoms with van der Waals surface area (Å²) < 4.78 is 7.61. The van der Waals surface area contributed by atoms with E-state index in [0.717, 1.165) is 25.0 Å². The minimum absolute atomic E-state index is 0.00483. The maximum atomic E-state index is 13.0. The smallest absolute Gasteiger partial charge is 0.260 e.